The predicted octanol–water partition coefficient (Wildman–Crippen LogP) is 2.38. The number of carbonyl (C=O) groups excluding carboxylic acids is 1. The molecule has 0 unspecified atom stereocenters. The van der Waals surface area contributed by atoms with Gasteiger partial charge in [-0.1, -0.05) is 6.07 Å². The van der Waals surface area contributed by atoms with Crippen LogP contribution < -0.4 is 0 Å². The second-order valence-corrected chi connectivity index (χ2v) is 8.37. The first-order valence-corrected chi connectivity index (χ1v) is 10.2. The van der Waals surface area contributed by atoms with Crippen molar-refractivity contribution in [2.75, 3.05) is 45.9 Å². The van der Waals surface area contributed by atoms with E-state index >= 15 is 0 Å². The Morgan fingerprint density at radius 2 is 2.00 bits per heavy atom. The van der Waals surface area contributed by atoms with E-state index < -0.39 is 0 Å². The summed E-state index contributed by atoms with van der Waals surface area (Å²) in [4.78, 5) is 22.3. The van der Waals surface area contributed by atoms with E-state index in [2.05, 4.69) is 28.9 Å². The molecule has 5 nitrogen and oxygen atoms in total. The smallest absolute Gasteiger partial charge is 0.228 e. The van der Waals surface area contributed by atoms with Crippen molar-refractivity contribution in [2.24, 2.45) is 5.92 Å². The monoisotopic (exact) mass is 357 g/mol. The van der Waals surface area contributed by atoms with Gasteiger partial charge in [0.25, 0.3) is 0 Å². The maximum Gasteiger partial charge on any atom is 0.228 e. The molecule has 3 aliphatic heterocycles. The van der Waals surface area contributed by atoms with E-state index in [4.69, 9.17) is 9.72 Å². The maximum atomic E-state index is 12.8. The minimum Gasteiger partial charge on any atom is -0.381 e. The lowest BCUT2D eigenvalue weighted by atomic mass is 9.74. The van der Waals surface area contributed by atoms with Gasteiger partial charge in [0.1, 0.15) is 0 Å². The third kappa shape index (κ3) is 3.65. The second-order valence-electron chi connectivity index (χ2n) is 8.37. The topological polar surface area (TPSA) is 45.7 Å². The van der Waals surface area contributed by atoms with Crippen LogP contribution in [-0.2, 0) is 14.9 Å². The third-order valence-electron chi connectivity index (χ3n) is 6.49. The van der Waals surface area contributed by atoms with Gasteiger partial charge in [0.15, 0.2) is 0 Å². The fourth-order valence-electron chi connectivity index (χ4n) is 4.79. The van der Waals surface area contributed by atoms with Crippen LogP contribution in [-0.4, -0.2) is 66.6 Å². The molecule has 0 saturated carbocycles. The highest BCUT2D eigenvalue weighted by Crippen LogP contribution is 2.37. The Hall–Kier alpha value is -1.46. The van der Waals surface area contributed by atoms with Crippen molar-refractivity contribution in [2.45, 2.75) is 44.4 Å². The largest absolute Gasteiger partial charge is 0.381 e. The molecule has 1 amide bonds. The molecule has 4 heterocycles. The Morgan fingerprint density at radius 1 is 1.23 bits per heavy atom. The van der Waals surface area contributed by atoms with E-state index in [1.54, 1.807) is 0 Å². The summed E-state index contributed by atoms with van der Waals surface area (Å²) in [5.41, 5.74) is 2.51. The summed E-state index contributed by atoms with van der Waals surface area (Å²) in [6, 6.07) is 4.40. The summed E-state index contributed by atoms with van der Waals surface area (Å²) in [5, 5.41) is 0. The number of ether oxygens (including phenoxy) is 1. The van der Waals surface area contributed by atoms with Crippen molar-refractivity contribution in [1.82, 2.24) is 14.8 Å². The molecule has 0 N–H and O–H groups in total. The van der Waals surface area contributed by atoms with E-state index in [9.17, 15) is 4.79 Å². The predicted molar refractivity (Wildman–Crippen MR) is 101 cm³/mol. The summed E-state index contributed by atoms with van der Waals surface area (Å²) >= 11 is 0. The summed E-state index contributed by atoms with van der Waals surface area (Å²) < 4.78 is 5.42. The lowest BCUT2D eigenvalue weighted by Gasteiger charge is -2.44. The first-order chi connectivity index (χ1) is 12.7. The van der Waals surface area contributed by atoms with Crippen LogP contribution >= 0.6 is 0 Å². The average Bonchev–Trinajstić information content (AvgIpc) is 3.36. The van der Waals surface area contributed by atoms with E-state index in [0.29, 0.717) is 12.5 Å². The molecule has 1 aromatic rings. The Labute approximate surface area is 156 Å². The van der Waals surface area contributed by atoms with Crippen LogP contribution in [0.25, 0.3) is 0 Å². The van der Waals surface area contributed by atoms with Crippen LogP contribution in [0.3, 0.4) is 0 Å². The lowest BCUT2D eigenvalue weighted by molar-refractivity contribution is -0.137. The van der Waals surface area contributed by atoms with E-state index in [1.165, 1.54) is 37.2 Å². The zero-order valence-electron chi connectivity index (χ0n) is 16.0. The third-order valence-corrected chi connectivity index (χ3v) is 6.49. The van der Waals surface area contributed by atoms with Crippen molar-refractivity contribution >= 4 is 5.91 Å². The molecule has 5 heteroatoms. The molecule has 1 aromatic heterocycles. The number of amides is 1. The molecule has 0 radical (unpaired) electrons. The van der Waals surface area contributed by atoms with Gasteiger partial charge < -0.3 is 14.5 Å². The van der Waals surface area contributed by atoms with Crippen molar-refractivity contribution in [3.63, 3.8) is 0 Å². The molecular formula is C21H31N3O2. The number of likely N-dealkylation sites (tertiary alicyclic amines) is 2. The zero-order valence-corrected chi connectivity index (χ0v) is 16.0. The Kier molecular flexibility index (Phi) is 5.28. The van der Waals surface area contributed by atoms with Gasteiger partial charge in [0, 0.05) is 43.5 Å². The van der Waals surface area contributed by atoms with Gasteiger partial charge in [0.2, 0.25) is 5.91 Å². The highest BCUT2D eigenvalue weighted by atomic mass is 16.5. The quantitative estimate of drug-likeness (QED) is 0.830. The van der Waals surface area contributed by atoms with Crippen molar-refractivity contribution in [1.29, 1.82) is 0 Å². The van der Waals surface area contributed by atoms with Crippen LogP contribution in [0.4, 0.5) is 0 Å². The normalized spacial score (nSPS) is 26.3. The van der Waals surface area contributed by atoms with Crippen molar-refractivity contribution in [3.8, 4) is 0 Å². The number of aromatic nitrogens is 1. The minimum absolute atomic E-state index is 0.0820. The Balaban J connectivity index is 1.49. The van der Waals surface area contributed by atoms with Gasteiger partial charge in [0.05, 0.1) is 12.5 Å². The molecule has 3 saturated heterocycles. The van der Waals surface area contributed by atoms with Gasteiger partial charge >= 0.3 is 0 Å². The fourth-order valence-corrected chi connectivity index (χ4v) is 4.79. The number of piperidine rings is 1. The fraction of sp³-hybridized carbons (Fsp3) is 0.714. The van der Waals surface area contributed by atoms with Gasteiger partial charge in [-0.05, 0) is 63.7 Å². The van der Waals surface area contributed by atoms with Crippen LogP contribution in [0.2, 0.25) is 0 Å². The van der Waals surface area contributed by atoms with Crippen LogP contribution in [0, 0.1) is 12.8 Å². The second kappa shape index (κ2) is 7.65. The zero-order chi connectivity index (χ0) is 18.0. The molecule has 0 aliphatic carbocycles. The molecule has 4 rings (SSSR count). The van der Waals surface area contributed by atoms with E-state index in [1.807, 2.05) is 6.20 Å². The molecule has 0 aromatic carbocycles. The van der Waals surface area contributed by atoms with Crippen LogP contribution in [0.1, 0.15) is 43.4 Å². The molecule has 26 heavy (non-hydrogen) atoms. The summed E-state index contributed by atoms with van der Waals surface area (Å²) in [6.07, 6.45) is 7.52. The number of pyridine rings is 1. The van der Waals surface area contributed by atoms with Gasteiger partial charge in [-0.25, -0.2) is 0 Å². The maximum absolute atomic E-state index is 12.8. The molecular weight excluding hydrogens is 326 g/mol. The summed E-state index contributed by atoms with van der Waals surface area (Å²) in [5.74, 6) is 0.382. The highest BCUT2D eigenvalue weighted by molar-refractivity contribution is 5.79. The molecule has 1 atom stereocenters. The summed E-state index contributed by atoms with van der Waals surface area (Å²) in [6.45, 7) is 8.61. The molecule has 142 valence electrons. The molecule has 0 spiro atoms. The number of rotatable bonds is 4. The van der Waals surface area contributed by atoms with Gasteiger partial charge in [-0.2, -0.15) is 0 Å². The lowest BCUT2D eigenvalue weighted by Crippen LogP contribution is -2.51. The van der Waals surface area contributed by atoms with Crippen molar-refractivity contribution < 1.29 is 9.53 Å². The van der Waals surface area contributed by atoms with Gasteiger partial charge in [-0.3, -0.25) is 9.78 Å². The number of hydrogen-bond donors (Lipinski definition) is 0. The highest BCUT2D eigenvalue weighted by Gasteiger charge is 2.41. The molecule has 3 fully saturated rings. The number of aryl methyl sites for hydroxylation is 1. The minimum atomic E-state index is 0.0820. The average molecular weight is 357 g/mol. The summed E-state index contributed by atoms with van der Waals surface area (Å²) in [7, 11) is 0. The first kappa shape index (κ1) is 17.9. The Bertz CT molecular complexity index is 611. The van der Waals surface area contributed by atoms with Crippen molar-refractivity contribution in [3.05, 3.63) is 29.6 Å². The van der Waals surface area contributed by atoms with E-state index in [0.717, 1.165) is 45.5 Å². The van der Waals surface area contributed by atoms with E-state index in [-0.39, 0.29) is 11.3 Å². The van der Waals surface area contributed by atoms with Crippen LogP contribution in [0.15, 0.2) is 18.3 Å². The molecule has 0 bridgehead atoms. The number of hydrogen-bond acceptors (Lipinski definition) is 4. The number of carbonyl (C=O) groups is 1. The first-order valence-electron chi connectivity index (χ1n) is 10.2. The van der Waals surface area contributed by atoms with Crippen LogP contribution in [0.5, 0.6) is 0 Å². The SMILES string of the molecule is Cc1ccc(C2(CN3CCCC3)CCN(C(=O)[C@H]3CCOC3)CC2)nc1. The van der Waals surface area contributed by atoms with Gasteiger partial charge in [-0.15, -0.1) is 0 Å². The number of nitrogens with zero attached hydrogens (tertiary/aromatic N) is 3. The standard InChI is InChI=1S/C21H31N3O2/c1-17-4-5-19(22-14-17)21(16-23-9-2-3-10-23)7-11-24(12-8-21)20(25)18-6-13-26-15-18/h4-5,14,18H,2-3,6-13,15-16H2,1H3/t18-/m0/s1. The Morgan fingerprint density at radius 3 is 2.62 bits per heavy atom. The molecule has 3 aliphatic rings.